The molecule has 2 aliphatic carbocycles. The maximum absolute atomic E-state index is 13.8. The van der Waals surface area contributed by atoms with Gasteiger partial charge in [0, 0.05) is 22.9 Å². The third-order valence-corrected chi connectivity index (χ3v) is 8.21. The van der Waals surface area contributed by atoms with Crippen LogP contribution in [-0.2, 0) is 6.42 Å². The van der Waals surface area contributed by atoms with Crippen LogP contribution in [0.3, 0.4) is 0 Å². The highest BCUT2D eigenvalue weighted by Crippen LogP contribution is 2.33. The number of hydrogen-bond donors (Lipinski definition) is 1. The second kappa shape index (κ2) is 10.3. The van der Waals surface area contributed by atoms with Crippen molar-refractivity contribution in [2.24, 2.45) is 0 Å². The molecule has 0 heterocycles. The topological polar surface area (TPSA) is 49.4 Å². The largest absolute Gasteiger partial charge is 0.322 e. The molecule has 0 fully saturated rings. The molecule has 1 atom stereocenters. The molecule has 1 amide bonds. The highest BCUT2D eigenvalue weighted by molar-refractivity contribution is 6.34. The number of nitrogens with one attached hydrogen (secondary N) is 1. The predicted octanol–water partition coefficient (Wildman–Crippen LogP) is 5.65. The van der Waals surface area contributed by atoms with Crippen LogP contribution in [0.1, 0.15) is 50.7 Å². The number of amides is 1. The van der Waals surface area contributed by atoms with Gasteiger partial charge in [0.2, 0.25) is 0 Å². The van der Waals surface area contributed by atoms with Crippen molar-refractivity contribution in [3.05, 3.63) is 133 Å². The SMILES string of the molecule is CN(C)C1CCC(C(=O)c2ccc(NC(=O)c3ccccc3Cl)cc2)=c2ccc3c(c21)CC=c1ccccc1=3. The number of carbonyl (C=O) groups is 2. The lowest BCUT2D eigenvalue weighted by Gasteiger charge is -2.32. The number of rotatable bonds is 5. The third-order valence-electron chi connectivity index (χ3n) is 7.88. The fourth-order valence-electron chi connectivity index (χ4n) is 5.95. The average Bonchev–Trinajstić information content (AvgIpc) is 2.96. The number of carbonyl (C=O) groups excluding carboxylic acids is 2. The van der Waals surface area contributed by atoms with Crippen LogP contribution in [0.4, 0.5) is 5.69 Å². The highest BCUT2D eigenvalue weighted by atomic mass is 35.5. The number of ketones is 1. The van der Waals surface area contributed by atoms with Gasteiger partial charge < -0.3 is 10.2 Å². The normalized spacial score (nSPS) is 15.6. The first-order valence-electron chi connectivity index (χ1n) is 13.2. The van der Waals surface area contributed by atoms with Crippen LogP contribution in [0.25, 0.3) is 11.6 Å². The molecule has 1 unspecified atom stereocenters. The van der Waals surface area contributed by atoms with E-state index in [0.29, 0.717) is 21.8 Å². The summed E-state index contributed by atoms with van der Waals surface area (Å²) in [5.41, 5.74) is 5.10. The highest BCUT2D eigenvalue weighted by Gasteiger charge is 2.28. The van der Waals surface area contributed by atoms with Crippen LogP contribution in [0.5, 0.6) is 0 Å². The first kappa shape index (κ1) is 25.3. The number of Topliss-reactive ketones (excluding diaryl/α,β-unsaturated/α-hetero) is 1. The Morgan fingerprint density at radius 3 is 2.33 bits per heavy atom. The molecule has 0 spiro atoms. The molecule has 6 rings (SSSR count). The standard InChI is InChI=1S/C34H29ClN2O2/c1-37(2)31-20-19-28(27-18-17-25-24-8-4-3-7-21(24)13-16-26(25)32(27)31)33(38)22-11-14-23(15-12-22)36-34(39)29-9-5-6-10-30(29)35/h3-15,17-18,31H,16,19-20H2,1-2H3,(H,36,39). The number of hydrogen-bond acceptors (Lipinski definition) is 3. The van der Waals surface area contributed by atoms with Gasteiger partial charge in [0.15, 0.2) is 5.78 Å². The van der Waals surface area contributed by atoms with Gasteiger partial charge in [0.05, 0.1) is 10.6 Å². The average molecular weight is 533 g/mol. The first-order valence-corrected chi connectivity index (χ1v) is 13.6. The lowest BCUT2D eigenvalue weighted by atomic mass is 9.80. The van der Waals surface area contributed by atoms with Gasteiger partial charge in [-0.25, -0.2) is 0 Å². The van der Waals surface area contributed by atoms with E-state index in [0.717, 1.165) is 30.1 Å². The van der Waals surface area contributed by atoms with E-state index in [4.69, 9.17) is 11.6 Å². The number of anilines is 1. The zero-order chi connectivity index (χ0) is 27.1. The molecule has 0 aromatic heterocycles. The monoisotopic (exact) mass is 532 g/mol. The maximum Gasteiger partial charge on any atom is 0.257 e. The Morgan fingerprint density at radius 2 is 1.56 bits per heavy atom. The van der Waals surface area contributed by atoms with Crippen molar-refractivity contribution in [3.8, 4) is 0 Å². The van der Waals surface area contributed by atoms with Crippen LogP contribution in [0, 0.1) is 10.4 Å². The molecule has 0 aliphatic heterocycles. The summed E-state index contributed by atoms with van der Waals surface area (Å²) in [6.07, 6.45) is 4.78. The van der Waals surface area contributed by atoms with Crippen LogP contribution < -0.4 is 15.8 Å². The number of nitrogens with zero attached hydrogens (tertiary/aromatic N) is 1. The van der Waals surface area contributed by atoms with Crippen molar-refractivity contribution in [2.75, 3.05) is 19.4 Å². The summed E-state index contributed by atoms with van der Waals surface area (Å²) in [6, 6.07) is 27.2. The minimum Gasteiger partial charge on any atom is -0.322 e. The van der Waals surface area contributed by atoms with Gasteiger partial charge >= 0.3 is 0 Å². The molecular weight excluding hydrogens is 504 g/mol. The van der Waals surface area contributed by atoms with Gasteiger partial charge in [0.25, 0.3) is 5.91 Å². The molecule has 5 heteroatoms. The smallest absolute Gasteiger partial charge is 0.257 e. The Morgan fingerprint density at radius 1 is 0.846 bits per heavy atom. The van der Waals surface area contributed by atoms with Gasteiger partial charge in [-0.05, 0) is 102 Å². The number of benzene rings is 4. The summed E-state index contributed by atoms with van der Waals surface area (Å²) in [4.78, 5) is 28.8. The van der Waals surface area contributed by atoms with Gasteiger partial charge in [-0.3, -0.25) is 9.59 Å². The van der Waals surface area contributed by atoms with E-state index < -0.39 is 0 Å². The van der Waals surface area contributed by atoms with Gasteiger partial charge in [0.1, 0.15) is 0 Å². The van der Waals surface area contributed by atoms with Crippen molar-refractivity contribution in [1.82, 2.24) is 4.90 Å². The molecule has 2 aliphatic rings. The van der Waals surface area contributed by atoms with Crippen molar-refractivity contribution in [1.29, 1.82) is 0 Å². The predicted molar refractivity (Wildman–Crippen MR) is 157 cm³/mol. The molecule has 0 radical (unpaired) electrons. The van der Waals surface area contributed by atoms with Crippen LogP contribution in [-0.4, -0.2) is 30.7 Å². The van der Waals surface area contributed by atoms with Crippen LogP contribution >= 0.6 is 11.6 Å². The Labute approximate surface area is 232 Å². The van der Waals surface area contributed by atoms with Gasteiger partial charge in [-0.2, -0.15) is 0 Å². The van der Waals surface area contributed by atoms with Crippen molar-refractivity contribution in [3.63, 3.8) is 0 Å². The van der Waals surface area contributed by atoms with Crippen LogP contribution in [0.2, 0.25) is 5.02 Å². The second-order valence-corrected chi connectivity index (χ2v) is 10.8. The Balaban J connectivity index is 1.39. The van der Waals surface area contributed by atoms with Crippen molar-refractivity contribution < 1.29 is 9.59 Å². The van der Waals surface area contributed by atoms with E-state index in [-0.39, 0.29) is 17.7 Å². The maximum atomic E-state index is 13.8. The molecule has 4 nitrogen and oxygen atoms in total. The molecule has 1 N–H and O–H groups in total. The minimum atomic E-state index is -0.284. The van der Waals surface area contributed by atoms with E-state index in [1.807, 2.05) is 0 Å². The van der Waals surface area contributed by atoms with Crippen LogP contribution in [0.15, 0.2) is 84.9 Å². The summed E-state index contributed by atoms with van der Waals surface area (Å²) in [5, 5.41) is 8.12. The summed E-state index contributed by atoms with van der Waals surface area (Å²) in [7, 11) is 4.24. The van der Waals surface area contributed by atoms with E-state index in [2.05, 4.69) is 66.8 Å². The zero-order valence-corrected chi connectivity index (χ0v) is 22.8. The zero-order valence-electron chi connectivity index (χ0n) is 22.0. The number of halogens is 1. The molecule has 0 saturated heterocycles. The van der Waals surface area contributed by atoms with Crippen molar-refractivity contribution >= 4 is 40.6 Å². The van der Waals surface area contributed by atoms with E-state index >= 15 is 0 Å². The summed E-state index contributed by atoms with van der Waals surface area (Å²) in [6.45, 7) is 0. The molecule has 0 saturated carbocycles. The fourth-order valence-corrected chi connectivity index (χ4v) is 6.17. The van der Waals surface area contributed by atoms with Gasteiger partial charge in [-0.1, -0.05) is 66.2 Å². The molecule has 0 bridgehead atoms. The fraction of sp³-hybridized carbons (Fsp3) is 0.176. The summed E-state index contributed by atoms with van der Waals surface area (Å²) < 4.78 is 0. The summed E-state index contributed by atoms with van der Waals surface area (Å²) >= 11 is 6.17. The molecule has 4 aromatic rings. The Kier molecular flexibility index (Phi) is 6.68. The van der Waals surface area contributed by atoms with E-state index in [1.165, 1.54) is 26.8 Å². The van der Waals surface area contributed by atoms with E-state index in [1.54, 1.807) is 48.5 Å². The second-order valence-electron chi connectivity index (χ2n) is 10.4. The minimum absolute atomic E-state index is 0.0394. The Hall–Kier alpha value is -3.99. The first-order chi connectivity index (χ1) is 18.9. The lowest BCUT2D eigenvalue weighted by Crippen LogP contribution is -2.34. The molecule has 4 aromatic carbocycles. The van der Waals surface area contributed by atoms with E-state index in [9.17, 15) is 9.59 Å². The molecule has 39 heavy (non-hydrogen) atoms. The van der Waals surface area contributed by atoms with Gasteiger partial charge in [-0.15, -0.1) is 0 Å². The third kappa shape index (κ3) is 4.60. The number of fused-ring (bicyclic) bond motifs is 4. The Bertz CT molecular complexity index is 1840. The van der Waals surface area contributed by atoms with Crippen molar-refractivity contribution in [2.45, 2.75) is 25.3 Å². The molecular formula is C34H29ClN2O2. The summed E-state index contributed by atoms with van der Waals surface area (Å²) in [5.74, 6) is -0.245. The molecule has 194 valence electrons. The lowest BCUT2D eigenvalue weighted by molar-refractivity contribution is 0.102. The quantitative estimate of drug-likeness (QED) is 0.338.